The van der Waals surface area contributed by atoms with E-state index in [2.05, 4.69) is 5.32 Å². The van der Waals surface area contributed by atoms with Gasteiger partial charge >= 0.3 is 11.8 Å². The van der Waals surface area contributed by atoms with E-state index in [9.17, 15) is 14.0 Å². The number of carbonyl (C=O) groups excluding carboxylic acids is 2. The summed E-state index contributed by atoms with van der Waals surface area (Å²) < 4.78 is 30.5. The summed E-state index contributed by atoms with van der Waals surface area (Å²) in [7, 11) is 1.37. The van der Waals surface area contributed by atoms with Gasteiger partial charge in [0.2, 0.25) is 0 Å². The largest absolute Gasteiger partial charge is 0.497 e. The molecule has 10 heteroatoms. The van der Waals surface area contributed by atoms with E-state index in [1.165, 1.54) is 31.4 Å². The number of carbonyl (C=O) groups is 2. The number of hydrogen-bond donors (Lipinski definition) is 3. The zero-order valence-corrected chi connectivity index (χ0v) is 18.0. The molecule has 0 bridgehead atoms. The van der Waals surface area contributed by atoms with Crippen LogP contribution in [0.25, 0.3) is 0 Å². The number of ether oxygens (including phenoxy) is 3. The Hall–Kier alpha value is -3.17. The molecule has 0 unspecified atom stereocenters. The lowest BCUT2D eigenvalue weighted by molar-refractivity contribution is -0.232. The van der Waals surface area contributed by atoms with Crippen molar-refractivity contribution in [3.05, 3.63) is 63.9 Å². The molecule has 0 heterocycles. The number of nitrogens with one attached hydrogen (secondary N) is 2. The summed E-state index contributed by atoms with van der Waals surface area (Å²) in [6, 6.07) is 8.41. The van der Waals surface area contributed by atoms with Crippen molar-refractivity contribution in [2.75, 3.05) is 13.7 Å². The van der Waals surface area contributed by atoms with Gasteiger partial charge in [-0.05, 0) is 36.8 Å². The van der Waals surface area contributed by atoms with E-state index in [4.69, 9.17) is 37.0 Å². The second-order valence-electron chi connectivity index (χ2n) is 6.40. The smallest absolute Gasteiger partial charge is 0.323 e. The first-order valence-corrected chi connectivity index (χ1v) is 9.61. The highest BCUT2D eigenvalue weighted by Crippen LogP contribution is 2.32. The van der Waals surface area contributed by atoms with Crippen LogP contribution in [0.15, 0.2) is 36.4 Å². The number of nitrogens with two attached hydrogens (primary N) is 1. The topological polar surface area (TPSA) is 124 Å². The second kappa shape index (κ2) is 10.2. The Labute approximate surface area is 183 Å². The van der Waals surface area contributed by atoms with Crippen LogP contribution in [0.1, 0.15) is 30.5 Å². The van der Waals surface area contributed by atoms with Crippen molar-refractivity contribution in [2.45, 2.75) is 26.2 Å². The van der Waals surface area contributed by atoms with E-state index < -0.39 is 23.5 Å². The van der Waals surface area contributed by atoms with Gasteiger partial charge in [0.15, 0.2) is 0 Å². The third kappa shape index (κ3) is 5.50. The zero-order valence-electron chi connectivity index (χ0n) is 17.3. The Morgan fingerprint density at radius 2 is 1.97 bits per heavy atom. The van der Waals surface area contributed by atoms with Crippen LogP contribution < -0.4 is 15.8 Å². The third-order valence-corrected chi connectivity index (χ3v) is 4.55. The Balaban J connectivity index is 2.39. The van der Waals surface area contributed by atoms with Crippen molar-refractivity contribution in [3.8, 4) is 5.75 Å². The molecule has 8 nitrogen and oxygen atoms in total. The predicted octanol–water partition coefficient (Wildman–Crippen LogP) is 2.84. The normalized spacial score (nSPS) is 12.5. The van der Waals surface area contributed by atoms with Gasteiger partial charge < -0.3 is 25.3 Å². The first-order chi connectivity index (χ1) is 14.6. The molecule has 1 amide bonds. The molecule has 0 fully saturated rings. The first-order valence-electron chi connectivity index (χ1n) is 9.23. The van der Waals surface area contributed by atoms with Crippen LogP contribution in [-0.4, -0.2) is 31.4 Å². The monoisotopic (exact) mass is 451 g/mol. The number of amidine groups is 1. The van der Waals surface area contributed by atoms with Gasteiger partial charge in [-0.2, -0.15) is 0 Å². The van der Waals surface area contributed by atoms with E-state index in [0.29, 0.717) is 11.1 Å². The van der Waals surface area contributed by atoms with Gasteiger partial charge in [-0.1, -0.05) is 17.7 Å². The molecule has 2 rings (SSSR count). The number of esters is 1. The molecule has 0 aliphatic heterocycles. The van der Waals surface area contributed by atoms with Crippen molar-refractivity contribution in [1.29, 1.82) is 5.41 Å². The van der Waals surface area contributed by atoms with Crippen molar-refractivity contribution >= 4 is 29.3 Å². The van der Waals surface area contributed by atoms with Crippen molar-refractivity contribution in [3.63, 3.8) is 0 Å². The van der Waals surface area contributed by atoms with Gasteiger partial charge in [-0.25, -0.2) is 4.39 Å². The first kappa shape index (κ1) is 24.1. The molecule has 31 heavy (non-hydrogen) atoms. The minimum absolute atomic E-state index is 0.0371. The maximum atomic E-state index is 14.8. The van der Waals surface area contributed by atoms with Crippen LogP contribution >= 0.6 is 11.6 Å². The van der Waals surface area contributed by atoms with Gasteiger partial charge in [-0.3, -0.25) is 15.0 Å². The van der Waals surface area contributed by atoms with Crippen LogP contribution in [0.5, 0.6) is 5.75 Å². The fourth-order valence-electron chi connectivity index (χ4n) is 2.88. The van der Waals surface area contributed by atoms with Gasteiger partial charge in [0.05, 0.1) is 17.7 Å². The average Bonchev–Trinajstić information content (AvgIpc) is 2.70. The summed E-state index contributed by atoms with van der Waals surface area (Å²) in [5.74, 6) is -4.90. The number of hydrogen-bond acceptors (Lipinski definition) is 6. The summed E-state index contributed by atoms with van der Waals surface area (Å²) in [6.07, 6.45) is 0. The number of benzene rings is 2. The molecule has 0 saturated heterocycles. The summed E-state index contributed by atoms with van der Waals surface area (Å²) in [4.78, 5) is 24.9. The Morgan fingerprint density at radius 3 is 2.48 bits per heavy atom. The van der Waals surface area contributed by atoms with Crippen LogP contribution in [0.3, 0.4) is 0 Å². The quantitative estimate of drug-likeness (QED) is 0.233. The molecule has 0 saturated carbocycles. The standard InChI is InChI=1S/C21H23ClFN3O5/c1-4-30-21(31-12(2)27,16-8-6-14(29-3)10-18(16)23)20(28)26-11-13-5-7-15(19(24)25)17(22)9-13/h5-10H,4,11H2,1-3H3,(H3,24,25)(H,26,28)/t21-/m0/s1. The van der Waals surface area contributed by atoms with Crippen molar-refractivity contribution in [2.24, 2.45) is 5.73 Å². The zero-order chi connectivity index (χ0) is 23.2. The van der Waals surface area contributed by atoms with E-state index in [0.717, 1.165) is 13.0 Å². The van der Waals surface area contributed by atoms with Crippen molar-refractivity contribution < 1.29 is 28.2 Å². The molecule has 0 aliphatic rings. The van der Waals surface area contributed by atoms with E-state index in [1.807, 2.05) is 0 Å². The van der Waals surface area contributed by atoms with Crippen molar-refractivity contribution in [1.82, 2.24) is 5.32 Å². The molecule has 0 aromatic heterocycles. The van der Waals surface area contributed by atoms with E-state index >= 15 is 0 Å². The number of amides is 1. The molecule has 1 atom stereocenters. The molecule has 0 spiro atoms. The maximum Gasteiger partial charge on any atom is 0.323 e. The second-order valence-corrected chi connectivity index (χ2v) is 6.81. The summed E-state index contributed by atoms with van der Waals surface area (Å²) in [5.41, 5.74) is 6.08. The number of halogens is 2. The SMILES string of the molecule is CCO[C@@](OC(C)=O)(C(=O)NCc1ccc(C(=N)N)c(Cl)c1)c1ccc(OC)cc1F. The summed E-state index contributed by atoms with van der Waals surface area (Å²) in [5, 5.41) is 10.3. The molecule has 0 aliphatic carbocycles. The minimum atomic E-state index is -2.35. The highest BCUT2D eigenvalue weighted by molar-refractivity contribution is 6.34. The van der Waals surface area contributed by atoms with Crippen LogP contribution in [0.2, 0.25) is 5.02 Å². The predicted molar refractivity (Wildman–Crippen MR) is 112 cm³/mol. The lowest BCUT2D eigenvalue weighted by Crippen LogP contribution is -2.49. The maximum absolute atomic E-state index is 14.8. The Morgan fingerprint density at radius 1 is 1.26 bits per heavy atom. The molecule has 2 aromatic carbocycles. The van der Waals surface area contributed by atoms with Crippen LogP contribution in [0.4, 0.5) is 4.39 Å². The highest BCUT2D eigenvalue weighted by Gasteiger charge is 2.47. The molecular formula is C21H23ClFN3O5. The average molecular weight is 452 g/mol. The number of methoxy groups -OCH3 is 1. The lowest BCUT2D eigenvalue weighted by atomic mass is 10.0. The summed E-state index contributed by atoms with van der Waals surface area (Å²) >= 11 is 6.10. The van der Waals surface area contributed by atoms with Crippen LogP contribution in [0, 0.1) is 11.2 Å². The molecular weight excluding hydrogens is 429 g/mol. The van der Waals surface area contributed by atoms with Gasteiger partial charge in [0.25, 0.3) is 5.91 Å². The van der Waals surface area contributed by atoms with Gasteiger partial charge in [0.1, 0.15) is 17.4 Å². The molecule has 4 N–H and O–H groups in total. The number of nitrogen functional groups attached to an aromatic ring is 1. The fourth-order valence-corrected chi connectivity index (χ4v) is 3.18. The molecule has 0 radical (unpaired) electrons. The Bertz CT molecular complexity index is 1000. The lowest BCUT2D eigenvalue weighted by Gasteiger charge is -2.31. The fraction of sp³-hybridized carbons (Fsp3) is 0.286. The van der Waals surface area contributed by atoms with E-state index in [1.54, 1.807) is 13.0 Å². The molecule has 2 aromatic rings. The number of rotatable bonds is 9. The van der Waals surface area contributed by atoms with Crippen LogP contribution in [-0.2, 0) is 31.4 Å². The molecule has 166 valence electrons. The van der Waals surface area contributed by atoms with Gasteiger partial charge in [0, 0.05) is 31.7 Å². The highest BCUT2D eigenvalue weighted by atomic mass is 35.5. The Kier molecular flexibility index (Phi) is 7.95. The summed E-state index contributed by atoms with van der Waals surface area (Å²) in [6.45, 7) is 2.58. The minimum Gasteiger partial charge on any atom is -0.497 e. The third-order valence-electron chi connectivity index (χ3n) is 4.24. The van der Waals surface area contributed by atoms with E-state index in [-0.39, 0.29) is 35.3 Å². The van der Waals surface area contributed by atoms with Gasteiger partial charge in [-0.15, -0.1) is 0 Å².